The zero-order valence-corrected chi connectivity index (χ0v) is 11.4. The lowest BCUT2D eigenvalue weighted by Gasteiger charge is -2.42. The Morgan fingerprint density at radius 1 is 1.21 bits per heavy atom. The van der Waals surface area contributed by atoms with Crippen LogP contribution in [0.3, 0.4) is 0 Å². The molecular weight excluding hydrogens is 239 g/mol. The van der Waals surface area contributed by atoms with E-state index in [1.165, 1.54) is 32.1 Å². The van der Waals surface area contributed by atoms with Crippen molar-refractivity contribution in [2.45, 2.75) is 44.2 Å². The molecule has 3 unspecified atom stereocenters. The number of hydrogen-bond donors (Lipinski definition) is 1. The fourth-order valence-corrected chi connectivity index (χ4v) is 4.07. The SMILES string of the molecule is NCC(c1ccccc1F)N1CCCC2CCCC21. The Hall–Kier alpha value is -0.930. The van der Waals surface area contributed by atoms with Gasteiger partial charge in [0.1, 0.15) is 5.82 Å². The normalized spacial score (nSPS) is 29.2. The summed E-state index contributed by atoms with van der Waals surface area (Å²) in [6, 6.07) is 7.78. The van der Waals surface area contributed by atoms with Crippen LogP contribution in [0.1, 0.15) is 43.7 Å². The van der Waals surface area contributed by atoms with Crippen molar-refractivity contribution >= 4 is 0 Å². The average molecular weight is 262 g/mol. The zero-order chi connectivity index (χ0) is 13.2. The number of fused-ring (bicyclic) bond motifs is 1. The minimum Gasteiger partial charge on any atom is -0.329 e. The molecule has 1 heterocycles. The molecule has 1 aromatic rings. The van der Waals surface area contributed by atoms with E-state index in [-0.39, 0.29) is 11.9 Å². The van der Waals surface area contributed by atoms with E-state index >= 15 is 0 Å². The van der Waals surface area contributed by atoms with Gasteiger partial charge in [0.15, 0.2) is 0 Å². The van der Waals surface area contributed by atoms with Gasteiger partial charge < -0.3 is 5.73 Å². The molecule has 0 radical (unpaired) electrons. The van der Waals surface area contributed by atoms with Crippen LogP contribution in [0, 0.1) is 11.7 Å². The van der Waals surface area contributed by atoms with E-state index in [2.05, 4.69) is 4.90 Å². The first-order valence-electron chi connectivity index (χ1n) is 7.51. The number of piperidine rings is 1. The summed E-state index contributed by atoms with van der Waals surface area (Å²) in [7, 11) is 0. The third-order valence-electron chi connectivity index (χ3n) is 4.92. The highest BCUT2D eigenvalue weighted by Crippen LogP contribution is 2.40. The summed E-state index contributed by atoms with van der Waals surface area (Å²) in [6.45, 7) is 1.57. The second-order valence-corrected chi connectivity index (χ2v) is 5.91. The van der Waals surface area contributed by atoms with E-state index in [1.807, 2.05) is 12.1 Å². The van der Waals surface area contributed by atoms with Gasteiger partial charge in [-0.2, -0.15) is 0 Å². The Balaban J connectivity index is 1.87. The van der Waals surface area contributed by atoms with Crippen LogP contribution >= 0.6 is 0 Å². The molecule has 3 rings (SSSR count). The second kappa shape index (κ2) is 5.59. The van der Waals surface area contributed by atoms with Gasteiger partial charge in [-0.3, -0.25) is 4.90 Å². The molecule has 2 nitrogen and oxygen atoms in total. The van der Waals surface area contributed by atoms with Crippen LogP contribution in [0.25, 0.3) is 0 Å². The van der Waals surface area contributed by atoms with Crippen LogP contribution in [0.2, 0.25) is 0 Å². The number of hydrogen-bond acceptors (Lipinski definition) is 2. The molecule has 2 aliphatic rings. The van der Waals surface area contributed by atoms with Crippen LogP contribution < -0.4 is 5.73 Å². The first kappa shape index (κ1) is 13.1. The Kier molecular flexibility index (Phi) is 3.85. The minimum absolute atomic E-state index is 0.0482. The summed E-state index contributed by atoms with van der Waals surface area (Å²) in [4.78, 5) is 2.49. The molecule has 1 aromatic carbocycles. The lowest BCUT2D eigenvalue weighted by atomic mass is 9.89. The van der Waals surface area contributed by atoms with E-state index < -0.39 is 0 Å². The summed E-state index contributed by atoms with van der Waals surface area (Å²) >= 11 is 0. The van der Waals surface area contributed by atoms with E-state index in [0.717, 1.165) is 18.0 Å². The van der Waals surface area contributed by atoms with Crippen molar-refractivity contribution in [3.8, 4) is 0 Å². The molecule has 0 spiro atoms. The fraction of sp³-hybridized carbons (Fsp3) is 0.625. The zero-order valence-electron chi connectivity index (χ0n) is 11.4. The van der Waals surface area contributed by atoms with E-state index in [1.54, 1.807) is 12.1 Å². The summed E-state index contributed by atoms with van der Waals surface area (Å²) in [5.74, 6) is 0.702. The van der Waals surface area contributed by atoms with Crippen LogP contribution in [-0.2, 0) is 0 Å². The first-order chi connectivity index (χ1) is 9.31. The number of nitrogens with zero attached hydrogens (tertiary/aromatic N) is 1. The lowest BCUT2D eigenvalue weighted by molar-refractivity contribution is 0.0686. The van der Waals surface area contributed by atoms with Gasteiger partial charge in [-0.05, 0) is 44.2 Å². The van der Waals surface area contributed by atoms with Gasteiger partial charge in [-0.1, -0.05) is 24.6 Å². The number of halogens is 1. The van der Waals surface area contributed by atoms with Gasteiger partial charge in [0.05, 0.1) is 6.04 Å². The molecule has 2 fully saturated rings. The minimum atomic E-state index is -0.113. The van der Waals surface area contributed by atoms with Gasteiger partial charge in [-0.15, -0.1) is 0 Å². The molecule has 1 aliphatic heterocycles. The van der Waals surface area contributed by atoms with Gasteiger partial charge in [0, 0.05) is 18.2 Å². The van der Waals surface area contributed by atoms with Crippen LogP contribution in [-0.4, -0.2) is 24.0 Å². The number of rotatable bonds is 3. The first-order valence-corrected chi connectivity index (χ1v) is 7.51. The summed E-state index contributed by atoms with van der Waals surface area (Å²) < 4.78 is 14.0. The van der Waals surface area contributed by atoms with Crippen LogP contribution in [0.5, 0.6) is 0 Å². The van der Waals surface area contributed by atoms with Crippen molar-refractivity contribution in [2.75, 3.05) is 13.1 Å². The fourth-order valence-electron chi connectivity index (χ4n) is 4.07. The quantitative estimate of drug-likeness (QED) is 0.907. The number of likely N-dealkylation sites (tertiary alicyclic amines) is 1. The molecular formula is C16H23FN2. The van der Waals surface area contributed by atoms with Crippen molar-refractivity contribution in [2.24, 2.45) is 11.7 Å². The molecule has 3 atom stereocenters. The molecule has 0 bridgehead atoms. The predicted molar refractivity (Wildman–Crippen MR) is 75.3 cm³/mol. The molecule has 19 heavy (non-hydrogen) atoms. The highest BCUT2D eigenvalue weighted by Gasteiger charge is 2.38. The summed E-state index contributed by atoms with van der Waals surface area (Å²) in [6.07, 6.45) is 6.49. The number of benzene rings is 1. The topological polar surface area (TPSA) is 29.3 Å². The molecule has 0 amide bonds. The molecule has 1 aliphatic carbocycles. The molecule has 1 saturated carbocycles. The Morgan fingerprint density at radius 3 is 2.79 bits per heavy atom. The standard InChI is InChI=1S/C16H23FN2/c17-14-8-2-1-7-13(14)16(11-18)19-10-4-6-12-5-3-9-15(12)19/h1-2,7-8,12,15-16H,3-6,9-11,18H2. The van der Waals surface area contributed by atoms with Gasteiger partial charge in [-0.25, -0.2) is 4.39 Å². The van der Waals surface area contributed by atoms with Gasteiger partial charge >= 0.3 is 0 Å². The second-order valence-electron chi connectivity index (χ2n) is 5.91. The van der Waals surface area contributed by atoms with E-state index in [9.17, 15) is 4.39 Å². The summed E-state index contributed by atoms with van der Waals surface area (Å²) in [5, 5.41) is 0. The summed E-state index contributed by atoms with van der Waals surface area (Å²) in [5.41, 5.74) is 6.75. The third-order valence-corrected chi connectivity index (χ3v) is 4.92. The van der Waals surface area contributed by atoms with Crippen molar-refractivity contribution in [3.05, 3.63) is 35.6 Å². The largest absolute Gasteiger partial charge is 0.329 e. The lowest BCUT2D eigenvalue weighted by Crippen LogP contribution is -2.47. The van der Waals surface area contributed by atoms with Crippen molar-refractivity contribution < 1.29 is 4.39 Å². The van der Waals surface area contributed by atoms with E-state index in [4.69, 9.17) is 5.73 Å². The maximum absolute atomic E-state index is 14.0. The predicted octanol–water partition coefficient (Wildman–Crippen LogP) is 3.09. The smallest absolute Gasteiger partial charge is 0.128 e. The van der Waals surface area contributed by atoms with Gasteiger partial charge in [0.2, 0.25) is 0 Å². The molecule has 3 heteroatoms. The Morgan fingerprint density at radius 2 is 2.00 bits per heavy atom. The molecule has 1 saturated heterocycles. The van der Waals surface area contributed by atoms with Crippen molar-refractivity contribution in [1.82, 2.24) is 4.90 Å². The number of nitrogens with two attached hydrogens (primary N) is 1. The third kappa shape index (κ3) is 2.41. The van der Waals surface area contributed by atoms with Gasteiger partial charge in [0.25, 0.3) is 0 Å². The highest BCUT2D eigenvalue weighted by molar-refractivity contribution is 5.22. The maximum Gasteiger partial charge on any atom is 0.128 e. The van der Waals surface area contributed by atoms with Crippen molar-refractivity contribution in [3.63, 3.8) is 0 Å². The van der Waals surface area contributed by atoms with Crippen molar-refractivity contribution in [1.29, 1.82) is 0 Å². The molecule has 2 N–H and O–H groups in total. The maximum atomic E-state index is 14.0. The molecule has 0 aromatic heterocycles. The van der Waals surface area contributed by atoms with Crippen LogP contribution in [0.4, 0.5) is 4.39 Å². The Bertz CT molecular complexity index is 435. The van der Waals surface area contributed by atoms with E-state index in [0.29, 0.717) is 12.6 Å². The monoisotopic (exact) mass is 262 g/mol. The van der Waals surface area contributed by atoms with Crippen LogP contribution in [0.15, 0.2) is 24.3 Å². The average Bonchev–Trinajstić information content (AvgIpc) is 2.91. The Labute approximate surface area is 114 Å². The molecule has 104 valence electrons. The highest BCUT2D eigenvalue weighted by atomic mass is 19.1.